The summed E-state index contributed by atoms with van der Waals surface area (Å²) in [6.07, 6.45) is 2.90. The van der Waals surface area contributed by atoms with E-state index in [4.69, 9.17) is 21.6 Å². The average Bonchev–Trinajstić information content (AvgIpc) is 2.58. The predicted octanol–water partition coefficient (Wildman–Crippen LogP) is 3.56. The van der Waals surface area contributed by atoms with Crippen LogP contribution in [-0.2, 0) is 6.54 Å². The lowest BCUT2D eigenvalue weighted by molar-refractivity contribution is -0.384. The Morgan fingerprint density at radius 1 is 1.48 bits per heavy atom. The van der Waals surface area contributed by atoms with Crippen LogP contribution >= 0.6 is 11.6 Å². The van der Waals surface area contributed by atoms with E-state index >= 15 is 0 Å². The minimum absolute atomic E-state index is 0.0142. The monoisotopic (exact) mass is 361 g/mol. The molecule has 8 nitrogen and oxygen atoms in total. The molecule has 2 heterocycles. The van der Waals surface area contributed by atoms with Crippen LogP contribution in [0.2, 0.25) is 5.02 Å². The maximum absolute atomic E-state index is 11.2. The molecule has 0 amide bonds. The Bertz CT molecular complexity index is 820. The van der Waals surface area contributed by atoms with E-state index in [1.54, 1.807) is 18.3 Å². The molecule has 9 heteroatoms. The summed E-state index contributed by atoms with van der Waals surface area (Å²) in [4.78, 5) is 18.6. The van der Waals surface area contributed by atoms with Gasteiger partial charge in [-0.25, -0.2) is 9.97 Å². The summed E-state index contributed by atoms with van der Waals surface area (Å²) >= 11 is 6.14. The van der Waals surface area contributed by atoms with Crippen molar-refractivity contribution < 1.29 is 9.66 Å². The second-order valence-electron chi connectivity index (χ2n) is 5.61. The number of anilines is 1. The van der Waals surface area contributed by atoms with Gasteiger partial charge in [0.05, 0.1) is 11.5 Å². The minimum Gasteiger partial charge on any atom is -0.476 e. The Balaban J connectivity index is 2.13. The zero-order chi connectivity index (χ0) is 18.4. The summed E-state index contributed by atoms with van der Waals surface area (Å²) in [7, 11) is 0. The Hall–Kier alpha value is -2.92. The van der Waals surface area contributed by atoms with Crippen LogP contribution in [0.5, 0.6) is 5.88 Å². The Morgan fingerprint density at radius 3 is 2.84 bits per heavy atom. The molecule has 0 radical (unpaired) electrons. The van der Waals surface area contributed by atoms with Crippen molar-refractivity contribution in [3.8, 4) is 11.9 Å². The van der Waals surface area contributed by atoms with E-state index in [1.807, 2.05) is 13.8 Å². The third kappa shape index (κ3) is 4.78. The first kappa shape index (κ1) is 18.4. The molecule has 0 spiro atoms. The van der Waals surface area contributed by atoms with Crippen molar-refractivity contribution in [1.29, 1.82) is 5.26 Å². The van der Waals surface area contributed by atoms with Crippen molar-refractivity contribution in [2.45, 2.75) is 20.4 Å². The van der Waals surface area contributed by atoms with Gasteiger partial charge in [0, 0.05) is 18.9 Å². The third-order valence-corrected chi connectivity index (χ3v) is 3.38. The molecule has 0 aliphatic carbocycles. The molecule has 0 fully saturated rings. The second-order valence-corrected chi connectivity index (χ2v) is 6.02. The normalized spacial score (nSPS) is 10.4. The van der Waals surface area contributed by atoms with Crippen LogP contribution in [0.1, 0.15) is 25.0 Å². The highest BCUT2D eigenvalue weighted by Crippen LogP contribution is 2.27. The number of hydrogen-bond donors (Lipinski definition) is 1. The van der Waals surface area contributed by atoms with Crippen LogP contribution in [0.3, 0.4) is 0 Å². The average molecular weight is 362 g/mol. The second kappa shape index (κ2) is 8.26. The number of rotatable bonds is 7. The number of nitriles is 1. The van der Waals surface area contributed by atoms with Gasteiger partial charge in [-0.1, -0.05) is 25.4 Å². The predicted molar refractivity (Wildman–Crippen MR) is 92.5 cm³/mol. The Labute approximate surface area is 149 Å². The zero-order valence-electron chi connectivity index (χ0n) is 13.7. The number of ether oxygens (including phenoxy) is 1. The SMILES string of the molecule is CC(C)COc1ncc(CNc2nccc(C#N)c2[N+](=O)[O-])cc1Cl. The summed E-state index contributed by atoms with van der Waals surface area (Å²) in [5.74, 6) is 0.702. The van der Waals surface area contributed by atoms with Gasteiger partial charge < -0.3 is 10.1 Å². The van der Waals surface area contributed by atoms with Gasteiger partial charge in [-0.15, -0.1) is 0 Å². The molecular weight excluding hydrogens is 346 g/mol. The number of aromatic nitrogens is 2. The summed E-state index contributed by atoms with van der Waals surface area (Å²) in [6.45, 7) is 4.74. The quantitative estimate of drug-likeness (QED) is 0.592. The fourth-order valence-corrected chi connectivity index (χ4v) is 2.20. The Kier molecular flexibility index (Phi) is 6.08. The molecule has 130 valence electrons. The van der Waals surface area contributed by atoms with Crippen molar-refractivity contribution in [3.05, 3.63) is 50.8 Å². The lowest BCUT2D eigenvalue weighted by Crippen LogP contribution is -2.08. The van der Waals surface area contributed by atoms with E-state index in [0.29, 0.717) is 29.0 Å². The standard InChI is InChI=1S/C16H16ClN5O3/c1-10(2)9-25-16-13(17)5-11(8-21-16)7-20-15-14(22(23)24)12(6-18)3-4-19-15/h3-5,8,10H,7,9H2,1-2H3,(H,19,20). The molecule has 0 aliphatic heterocycles. The number of nitrogens with one attached hydrogen (secondary N) is 1. The highest BCUT2D eigenvalue weighted by atomic mass is 35.5. The lowest BCUT2D eigenvalue weighted by atomic mass is 10.2. The van der Waals surface area contributed by atoms with Crippen molar-refractivity contribution in [2.24, 2.45) is 5.92 Å². The molecule has 0 saturated carbocycles. The summed E-state index contributed by atoms with van der Waals surface area (Å²) in [5, 5.41) is 23.3. The van der Waals surface area contributed by atoms with Gasteiger partial charge >= 0.3 is 5.69 Å². The minimum atomic E-state index is -0.637. The maximum atomic E-state index is 11.2. The molecule has 2 rings (SSSR count). The Morgan fingerprint density at radius 2 is 2.24 bits per heavy atom. The van der Waals surface area contributed by atoms with Gasteiger partial charge in [0.15, 0.2) is 0 Å². The van der Waals surface area contributed by atoms with Crippen molar-refractivity contribution in [1.82, 2.24) is 9.97 Å². The van der Waals surface area contributed by atoms with E-state index in [1.165, 1.54) is 12.3 Å². The highest BCUT2D eigenvalue weighted by molar-refractivity contribution is 6.31. The number of nitrogens with zero attached hydrogens (tertiary/aromatic N) is 4. The smallest absolute Gasteiger partial charge is 0.328 e. The molecule has 0 aromatic carbocycles. The molecule has 0 bridgehead atoms. The number of nitro groups is 1. The van der Waals surface area contributed by atoms with E-state index in [2.05, 4.69) is 15.3 Å². The maximum Gasteiger partial charge on any atom is 0.328 e. The van der Waals surface area contributed by atoms with Gasteiger partial charge in [0.25, 0.3) is 0 Å². The molecule has 1 N–H and O–H groups in total. The molecule has 0 aliphatic rings. The van der Waals surface area contributed by atoms with Crippen molar-refractivity contribution in [2.75, 3.05) is 11.9 Å². The first-order chi connectivity index (χ1) is 11.9. The zero-order valence-corrected chi connectivity index (χ0v) is 14.4. The summed E-state index contributed by atoms with van der Waals surface area (Å²) in [5.41, 5.74) is 0.275. The first-order valence-electron chi connectivity index (χ1n) is 7.47. The molecule has 25 heavy (non-hydrogen) atoms. The molecule has 0 atom stereocenters. The van der Waals surface area contributed by atoms with Crippen LogP contribution in [0.15, 0.2) is 24.5 Å². The largest absolute Gasteiger partial charge is 0.476 e. The highest BCUT2D eigenvalue weighted by Gasteiger charge is 2.21. The van der Waals surface area contributed by atoms with E-state index in [0.717, 1.165) is 0 Å². The number of hydrogen-bond acceptors (Lipinski definition) is 7. The van der Waals surface area contributed by atoms with Gasteiger partial charge in [-0.05, 0) is 23.6 Å². The number of pyridine rings is 2. The molecular formula is C16H16ClN5O3. The van der Waals surface area contributed by atoms with Gasteiger partial charge in [0.2, 0.25) is 11.7 Å². The van der Waals surface area contributed by atoms with E-state index in [-0.39, 0.29) is 23.6 Å². The van der Waals surface area contributed by atoms with Crippen LogP contribution in [0.4, 0.5) is 11.5 Å². The number of halogens is 1. The van der Waals surface area contributed by atoms with E-state index in [9.17, 15) is 10.1 Å². The topological polar surface area (TPSA) is 114 Å². The summed E-state index contributed by atoms with van der Waals surface area (Å²) in [6, 6.07) is 4.74. The molecule has 0 saturated heterocycles. The molecule has 2 aromatic heterocycles. The van der Waals surface area contributed by atoms with Gasteiger partial charge in [-0.3, -0.25) is 10.1 Å². The van der Waals surface area contributed by atoms with Crippen LogP contribution in [0.25, 0.3) is 0 Å². The van der Waals surface area contributed by atoms with Crippen molar-refractivity contribution in [3.63, 3.8) is 0 Å². The summed E-state index contributed by atoms with van der Waals surface area (Å²) < 4.78 is 5.50. The van der Waals surface area contributed by atoms with E-state index < -0.39 is 4.92 Å². The molecule has 0 unspecified atom stereocenters. The first-order valence-corrected chi connectivity index (χ1v) is 7.84. The van der Waals surface area contributed by atoms with Gasteiger partial charge in [0.1, 0.15) is 16.7 Å². The van der Waals surface area contributed by atoms with Crippen LogP contribution < -0.4 is 10.1 Å². The third-order valence-electron chi connectivity index (χ3n) is 3.10. The lowest BCUT2D eigenvalue weighted by Gasteiger charge is -2.11. The fourth-order valence-electron chi connectivity index (χ4n) is 1.96. The fraction of sp³-hybridized carbons (Fsp3) is 0.312. The van der Waals surface area contributed by atoms with Crippen LogP contribution in [0, 0.1) is 27.4 Å². The van der Waals surface area contributed by atoms with Crippen molar-refractivity contribution >= 4 is 23.1 Å². The van der Waals surface area contributed by atoms with Crippen LogP contribution in [-0.4, -0.2) is 21.5 Å². The van der Waals surface area contributed by atoms with Gasteiger partial charge in [-0.2, -0.15) is 5.26 Å². The molecule has 2 aromatic rings.